The Bertz CT molecular complexity index is 960. The second-order valence-corrected chi connectivity index (χ2v) is 9.22. The molecule has 0 amide bonds. The van der Waals surface area contributed by atoms with Gasteiger partial charge >= 0.3 is 5.97 Å². The fourth-order valence-corrected chi connectivity index (χ4v) is 3.39. The molecule has 1 atom stereocenters. The predicted octanol–water partition coefficient (Wildman–Crippen LogP) is 5.74. The van der Waals surface area contributed by atoms with Gasteiger partial charge in [-0.25, -0.2) is 4.79 Å². The molecule has 0 radical (unpaired) electrons. The minimum Gasteiger partial charge on any atom is -0.496 e. The molecular formula is C27H34O5. The van der Waals surface area contributed by atoms with E-state index in [2.05, 4.69) is 13.8 Å². The lowest BCUT2D eigenvalue weighted by molar-refractivity contribution is -0.150. The van der Waals surface area contributed by atoms with Gasteiger partial charge in [0.15, 0.2) is 0 Å². The molecule has 0 N–H and O–H groups in total. The van der Waals surface area contributed by atoms with Crippen LogP contribution in [0.2, 0.25) is 0 Å². The van der Waals surface area contributed by atoms with Crippen molar-refractivity contribution < 1.29 is 23.7 Å². The van der Waals surface area contributed by atoms with Gasteiger partial charge in [-0.3, -0.25) is 0 Å². The van der Waals surface area contributed by atoms with Crippen LogP contribution in [0.25, 0.3) is 6.08 Å². The molecule has 1 unspecified atom stereocenters. The fourth-order valence-electron chi connectivity index (χ4n) is 3.39. The maximum absolute atomic E-state index is 12.4. The van der Waals surface area contributed by atoms with E-state index < -0.39 is 5.60 Å². The van der Waals surface area contributed by atoms with Crippen LogP contribution in [-0.4, -0.2) is 30.4 Å². The summed E-state index contributed by atoms with van der Waals surface area (Å²) in [5, 5.41) is 0. The molecule has 1 saturated heterocycles. The van der Waals surface area contributed by atoms with Crippen molar-refractivity contribution >= 4 is 12.0 Å². The first kappa shape index (κ1) is 23.9. The van der Waals surface area contributed by atoms with Crippen LogP contribution in [-0.2, 0) is 27.3 Å². The summed E-state index contributed by atoms with van der Waals surface area (Å²) in [6.07, 6.45) is 4.69. The fraction of sp³-hybridized carbons (Fsp3) is 0.444. The number of benzene rings is 2. The highest BCUT2D eigenvalue weighted by Gasteiger charge is 2.48. The summed E-state index contributed by atoms with van der Waals surface area (Å²) < 4.78 is 23.3. The third-order valence-electron chi connectivity index (χ3n) is 5.87. The van der Waals surface area contributed by atoms with Crippen molar-refractivity contribution in [2.75, 3.05) is 7.11 Å². The second kappa shape index (κ2) is 9.78. The standard InChI is InChI=1S/C27H34O5/c1-7-26(2,3)32-24(28)16-14-20-13-15-22(29-6)21(17-23-27(4,5)31-23)25(20)30-18-19-11-9-8-10-12-19/h8-16,23H,7,17-18H2,1-6H3/b16-14-. The Morgan fingerprint density at radius 3 is 2.44 bits per heavy atom. The molecule has 0 bridgehead atoms. The van der Waals surface area contributed by atoms with E-state index in [1.54, 1.807) is 13.2 Å². The molecule has 1 heterocycles. The molecule has 1 aliphatic heterocycles. The first-order chi connectivity index (χ1) is 15.1. The van der Waals surface area contributed by atoms with Crippen molar-refractivity contribution in [3.8, 4) is 11.5 Å². The Morgan fingerprint density at radius 2 is 1.84 bits per heavy atom. The zero-order valence-corrected chi connectivity index (χ0v) is 19.9. The number of hydrogen-bond acceptors (Lipinski definition) is 5. The molecule has 172 valence electrons. The molecule has 2 aromatic rings. The van der Waals surface area contributed by atoms with E-state index in [4.69, 9.17) is 18.9 Å². The molecule has 1 aliphatic rings. The van der Waals surface area contributed by atoms with Gasteiger partial charge in [-0.2, -0.15) is 0 Å². The van der Waals surface area contributed by atoms with E-state index >= 15 is 0 Å². The number of rotatable bonds is 10. The van der Waals surface area contributed by atoms with Gasteiger partial charge in [0.05, 0.1) is 18.8 Å². The van der Waals surface area contributed by atoms with Crippen LogP contribution >= 0.6 is 0 Å². The molecule has 3 rings (SSSR count). The normalized spacial score (nSPS) is 17.2. The van der Waals surface area contributed by atoms with Crippen molar-refractivity contribution in [3.63, 3.8) is 0 Å². The maximum Gasteiger partial charge on any atom is 0.331 e. The van der Waals surface area contributed by atoms with Crippen molar-refractivity contribution in [1.29, 1.82) is 0 Å². The number of methoxy groups -OCH3 is 1. The molecule has 0 saturated carbocycles. The Morgan fingerprint density at radius 1 is 1.16 bits per heavy atom. The number of esters is 1. The SMILES string of the molecule is CCC(C)(C)OC(=O)/C=C\c1ccc(OC)c(CC2OC2(C)C)c1OCc1ccccc1. The van der Waals surface area contributed by atoms with Crippen LogP contribution in [0.1, 0.15) is 57.7 Å². The molecular weight excluding hydrogens is 404 g/mol. The Hall–Kier alpha value is -2.79. The molecule has 2 aromatic carbocycles. The van der Waals surface area contributed by atoms with Gasteiger partial charge in [-0.15, -0.1) is 0 Å². The van der Waals surface area contributed by atoms with Gasteiger partial charge in [0.1, 0.15) is 23.7 Å². The van der Waals surface area contributed by atoms with Crippen molar-refractivity contribution in [2.45, 2.75) is 71.4 Å². The lowest BCUT2D eigenvalue weighted by Crippen LogP contribution is -2.25. The van der Waals surface area contributed by atoms with Crippen LogP contribution in [0.15, 0.2) is 48.5 Å². The summed E-state index contributed by atoms with van der Waals surface area (Å²) in [5.41, 5.74) is 2.12. The average Bonchev–Trinajstić information content (AvgIpc) is 3.37. The lowest BCUT2D eigenvalue weighted by Gasteiger charge is -2.22. The number of carbonyl (C=O) groups excluding carboxylic acids is 1. The van der Waals surface area contributed by atoms with E-state index in [1.807, 2.05) is 63.2 Å². The first-order valence-electron chi connectivity index (χ1n) is 11.1. The first-order valence-corrected chi connectivity index (χ1v) is 11.1. The topological polar surface area (TPSA) is 57.3 Å². The molecule has 5 heteroatoms. The summed E-state index contributed by atoms with van der Waals surface area (Å²) in [6, 6.07) is 13.8. The summed E-state index contributed by atoms with van der Waals surface area (Å²) >= 11 is 0. The summed E-state index contributed by atoms with van der Waals surface area (Å²) in [4.78, 5) is 12.4. The van der Waals surface area contributed by atoms with Crippen LogP contribution in [0.5, 0.6) is 11.5 Å². The number of carbonyl (C=O) groups is 1. The lowest BCUT2D eigenvalue weighted by atomic mass is 9.98. The van der Waals surface area contributed by atoms with Crippen LogP contribution in [0.3, 0.4) is 0 Å². The summed E-state index contributed by atoms with van der Waals surface area (Å²) in [7, 11) is 1.65. The average molecular weight is 439 g/mol. The highest BCUT2D eigenvalue weighted by Crippen LogP contribution is 2.43. The molecule has 32 heavy (non-hydrogen) atoms. The Labute approximate surface area is 191 Å². The van der Waals surface area contributed by atoms with E-state index in [-0.39, 0.29) is 17.7 Å². The van der Waals surface area contributed by atoms with Crippen molar-refractivity contribution in [1.82, 2.24) is 0 Å². The highest BCUT2D eigenvalue weighted by atomic mass is 16.6. The third kappa shape index (κ3) is 6.13. The zero-order chi connectivity index (χ0) is 23.4. The van der Waals surface area contributed by atoms with Gasteiger partial charge in [-0.05, 0) is 57.9 Å². The monoisotopic (exact) mass is 438 g/mol. The minimum atomic E-state index is -0.506. The van der Waals surface area contributed by atoms with Crippen LogP contribution < -0.4 is 9.47 Å². The smallest absolute Gasteiger partial charge is 0.331 e. The van der Waals surface area contributed by atoms with Gasteiger partial charge in [0.2, 0.25) is 0 Å². The van der Waals surface area contributed by atoms with E-state index in [9.17, 15) is 4.79 Å². The third-order valence-corrected chi connectivity index (χ3v) is 5.87. The predicted molar refractivity (Wildman–Crippen MR) is 126 cm³/mol. The van der Waals surface area contributed by atoms with Gasteiger partial charge in [-0.1, -0.05) is 37.3 Å². The largest absolute Gasteiger partial charge is 0.496 e. The number of ether oxygens (including phenoxy) is 4. The van der Waals surface area contributed by atoms with Crippen molar-refractivity contribution in [2.24, 2.45) is 0 Å². The molecule has 0 aliphatic carbocycles. The minimum absolute atomic E-state index is 0.0880. The van der Waals surface area contributed by atoms with Gasteiger partial charge in [0.25, 0.3) is 0 Å². The molecule has 0 spiro atoms. The molecule has 0 aromatic heterocycles. The van der Waals surface area contributed by atoms with Crippen LogP contribution in [0.4, 0.5) is 0 Å². The maximum atomic E-state index is 12.4. The summed E-state index contributed by atoms with van der Waals surface area (Å²) in [6.45, 7) is 10.3. The van der Waals surface area contributed by atoms with Crippen molar-refractivity contribution in [3.05, 3.63) is 65.2 Å². The van der Waals surface area contributed by atoms with E-state index in [0.29, 0.717) is 18.8 Å². The number of epoxide rings is 1. The Kier molecular flexibility index (Phi) is 7.29. The van der Waals surface area contributed by atoms with Crippen LogP contribution in [0, 0.1) is 0 Å². The molecule has 1 fully saturated rings. The quantitative estimate of drug-likeness (QED) is 0.269. The zero-order valence-electron chi connectivity index (χ0n) is 19.9. The molecule has 5 nitrogen and oxygen atoms in total. The van der Waals surface area contributed by atoms with Gasteiger partial charge in [0, 0.05) is 23.6 Å². The van der Waals surface area contributed by atoms with E-state index in [0.717, 1.165) is 28.9 Å². The van der Waals surface area contributed by atoms with E-state index in [1.165, 1.54) is 6.08 Å². The summed E-state index contributed by atoms with van der Waals surface area (Å²) in [5.74, 6) is 1.05. The number of hydrogen-bond donors (Lipinski definition) is 0. The highest BCUT2D eigenvalue weighted by molar-refractivity contribution is 5.88. The second-order valence-electron chi connectivity index (χ2n) is 9.22. The Balaban J connectivity index is 1.92. The van der Waals surface area contributed by atoms with Gasteiger partial charge < -0.3 is 18.9 Å².